The van der Waals surface area contributed by atoms with E-state index < -0.39 is 0 Å². The molecule has 1 atom stereocenters. The Labute approximate surface area is 127 Å². The zero-order valence-corrected chi connectivity index (χ0v) is 13.4. The van der Waals surface area contributed by atoms with Crippen molar-refractivity contribution in [3.05, 3.63) is 35.9 Å². The summed E-state index contributed by atoms with van der Waals surface area (Å²) in [5.74, 6) is 1.23. The maximum absolute atomic E-state index is 12.0. The molecule has 116 valence electrons. The molecule has 0 spiro atoms. The van der Waals surface area contributed by atoms with E-state index in [1.807, 2.05) is 24.3 Å². The molecule has 0 aliphatic rings. The van der Waals surface area contributed by atoms with Crippen LogP contribution in [0.25, 0.3) is 6.08 Å². The van der Waals surface area contributed by atoms with Crippen molar-refractivity contribution in [1.29, 1.82) is 0 Å². The van der Waals surface area contributed by atoms with Crippen molar-refractivity contribution in [1.82, 2.24) is 4.90 Å². The fraction of sp³-hybridized carbons (Fsp3) is 0.471. The van der Waals surface area contributed by atoms with Gasteiger partial charge in [0, 0.05) is 25.7 Å². The zero-order valence-electron chi connectivity index (χ0n) is 13.4. The molecule has 0 bridgehead atoms. The summed E-state index contributed by atoms with van der Waals surface area (Å²) >= 11 is 0. The fourth-order valence-corrected chi connectivity index (χ4v) is 1.80. The van der Waals surface area contributed by atoms with Crippen LogP contribution in [0.2, 0.25) is 0 Å². The Morgan fingerprint density at radius 3 is 2.48 bits per heavy atom. The summed E-state index contributed by atoms with van der Waals surface area (Å²) in [6, 6.07) is 7.70. The summed E-state index contributed by atoms with van der Waals surface area (Å²) in [6.07, 6.45) is 4.21. The Morgan fingerprint density at radius 1 is 1.33 bits per heavy atom. The normalized spacial score (nSPS) is 12.7. The maximum atomic E-state index is 12.0. The summed E-state index contributed by atoms with van der Waals surface area (Å²) in [4.78, 5) is 13.7. The van der Waals surface area contributed by atoms with E-state index in [0.717, 1.165) is 17.7 Å². The molecule has 0 aliphatic carbocycles. The molecular weight excluding hydrogens is 264 g/mol. The van der Waals surface area contributed by atoms with E-state index in [9.17, 15) is 4.79 Å². The highest BCUT2D eigenvalue weighted by atomic mass is 16.5. The van der Waals surface area contributed by atoms with Crippen molar-refractivity contribution in [2.45, 2.75) is 26.3 Å². The lowest BCUT2D eigenvalue weighted by Crippen LogP contribution is -2.33. The second-order valence-electron chi connectivity index (χ2n) is 5.56. The number of nitrogens with two attached hydrogens (primary N) is 1. The molecule has 0 radical (unpaired) electrons. The lowest BCUT2D eigenvalue weighted by atomic mass is 10.0. The van der Waals surface area contributed by atoms with E-state index in [4.69, 9.17) is 10.5 Å². The fourth-order valence-electron chi connectivity index (χ4n) is 1.80. The predicted molar refractivity (Wildman–Crippen MR) is 87.1 cm³/mol. The topological polar surface area (TPSA) is 55.6 Å². The third-order valence-electron chi connectivity index (χ3n) is 3.56. The van der Waals surface area contributed by atoms with Gasteiger partial charge < -0.3 is 15.4 Å². The smallest absolute Gasteiger partial charge is 0.246 e. The molecule has 0 saturated carbocycles. The van der Waals surface area contributed by atoms with Crippen LogP contribution in [0.4, 0.5) is 0 Å². The summed E-state index contributed by atoms with van der Waals surface area (Å²) in [5, 5.41) is 0. The molecule has 0 aliphatic heterocycles. The lowest BCUT2D eigenvalue weighted by molar-refractivity contribution is -0.124. The highest BCUT2D eigenvalue weighted by Gasteiger charge is 2.10. The number of carbonyl (C=O) groups excluding carboxylic acids is 1. The maximum Gasteiger partial charge on any atom is 0.246 e. The van der Waals surface area contributed by atoms with E-state index in [1.165, 1.54) is 0 Å². The number of ether oxygens (including phenoxy) is 1. The SMILES string of the molecule is COc1ccc(/C=C/C(=O)N(C)CCC(N)C(C)C)cc1. The molecule has 21 heavy (non-hydrogen) atoms. The molecule has 0 heterocycles. The highest BCUT2D eigenvalue weighted by Crippen LogP contribution is 2.12. The van der Waals surface area contributed by atoms with Gasteiger partial charge in [-0.05, 0) is 36.1 Å². The van der Waals surface area contributed by atoms with Gasteiger partial charge in [-0.2, -0.15) is 0 Å². The molecule has 0 fully saturated rings. The number of rotatable bonds is 7. The summed E-state index contributed by atoms with van der Waals surface area (Å²) in [5.41, 5.74) is 6.96. The van der Waals surface area contributed by atoms with Crippen molar-refractivity contribution < 1.29 is 9.53 Å². The zero-order chi connectivity index (χ0) is 15.8. The van der Waals surface area contributed by atoms with Crippen LogP contribution in [0, 0.1) is 5.92 Å². The number of hydrogen-bond acceptors (Lipinski definition) is 3. The van der Waals surface area contributed by atoms with Gasteiger partial charge in [-0.1, -0.05) is 26.0 Å². The van der Waals surface area contributed by atoms with Gasteiger partial charge in [0.1, 0.15) is 5.75 Å². The van der Waals surface area contributed by atoms with Crippen LogP contribution in [0.1, 0.15) is 25.8 Å². The Kier molecular flexibility index (Phi) is 6.96. The highest BCUT2D eigenvalue weighted by molar-refractivity contribution is 5.91. The van der Waals surface area contributed by atoms with Crippen molar-refractivity contribution in [3.8, 4) is 5.75 Å². The first-order valence-corrected chi connectivity index (χ1v) is 7.27. The molecular formula is C17H26N2O2. The molecule has 0 aromatic heterocycles. The third-order valence-corrected chi connectivity index (χ3v) is 3.56. The minimum absolute atomic E-state index is 0.0122. The van der Waals surface area contributed by atoms with E-state index in [-0.39, 0.29) is 11.9 Å². The average Bonchev–Trinajstić information content (AvgIpc) is 2.50. The lowest BCUT2D eigenvalue weighted by Gasteiger charge is -2.20. The second kappa shape index (κ2) is 8.47. The van der Waals surface area contributed by atoms with Crippen molar-refractivity contribution in [3.63, 3.8) is 0 Å². The van der Waals surface area contributed by atoms with Crippen molar-refractivity contribution in [2.75, 3.05) is 20.7 Å². The molecule has 2 N–H and O–H groups in total. The average molecular weight is 290 g/mol. The third kappa shape index (κ3) is 6.00. The van der Waals surface area contributed by atoms with E-state index in [1.54, 1.807) is 31.2 Å². The second-order valence-corrected chi connectivity index (χ2v) is 5.56. The first-order chi connectivity index (χ1) is 9.93. The molecule has 4 heteroatoms. The van der Waals surface area contributed by atoms with Crippen molar-refractivity contribution >= 4 is 12.0 Å². The summed E-state index contributed by atoms with van der Waals surface area (Å²) < 4.78 is 5.10. The van der Waals surface area contributed by atoms with Gasteiger partial charge >= 0.3 is 0 Å². The number of benzene rings is 1. The molecule has 1 aromatic rings. The van der Waals surface area contributed by atoms with Gasteiger partial charge in [-0.25, -0.2) is 0 Å². The monoisotopic (exact) mass is 290 g/mol. The predicted octanol–water partition coefficient (Wildman–Crippen LogP) is 2.54. The minimum atomic E-state index is -0.0122. The quantitative estimate of drug-likeness (QED) is 0.785. The molecule has 1 rings (SSSR count). The van der Waals surface area contributed by atoms with Gasteiger partial charge in [0.15, 0.2) is 0 Å². The molecule has 1 amide bonds. The standard InChI is InChI=1S/C17H26N2O2/c1-13(2)16(18)11-12-19(3)17(20)10-7-14-5-8-15(21-4)9-6-14/h5-10,13,16H,11-12,18H2,1-4H3/b10-7+. The minimum Gasteiger partial charge on any atom is -0.497 e. The van der Waals surface area contributed by atoms with E-state index >= 15 is 0 Å². The van der Waals surface area contributed by atoms with Gasteiger partial charge in [0.05, 0.1) is 7.11 Å². The van der Waals surface area contributed by atoms with E-state index in [2.05, 4.69) is 13.8 Å². The summed E-state index contributed by atoms with van der Waals surface area (Å²) in [6.45, 7) is 4.86. The number of hydrogen-bond donors (Lipinski definition) is 1. The van der Waals surface area contributed by atoms with Crippen LogP contribution in [0.3, 0.4) is 0 Å². The summed E-state index contributed by atoms with van der Waals surface area (Å²) in [7, 11) is 3.43. The Bertz CT molecular complexity index is 466. The van der Waals surface area contributed by atoms with Crippen molar-refractivity contribution in [2.24, 2.45) is 11.7 Å². The first-order valence-electron chi connectivity index (χ1n) is 7.27. The van der Waals surface area contributed by atoms with Crippen LogP contribution in [-0.4, -0.2) is 37.6 Å². The van der Waals surface area contributed by atoms with Gasteiger partial charge in [0.25, 0.3) is 0 Å². The van der Waals surface area contributed by atoms with Crippen LogP contribution in [-0.2, 0) is 4.79 Å². The Hall–Kier alpha value is -1.81. The number of likely N-dealkylation sites (N-methyl/N-ethyl adjacent to an activating group) is 1. The van der Waals surface area contributed by atoms with Gasteiger partial charge in [0.2, 0.25) is 5.91 Å². The number of amides is 1. The number of carbonyl (C=O) groups is 1. The molecule has 1 unspecified atom stereocenters. The van der Waals surface area contributed by atoms with Crippen LogP contribution < -0.4 is 10.5 Å². The van der Waals surface area contributed by atoms with E-state index in [0.29, 0.717) is 12.5 Å². The molecule has 0 saturated heterocycles. The van der Waals surface area contributed by atoms with Gasteiger partial charge in [-0.3, -0.25) is 4.79 Å². The Balaban J connectivity index is 2.48. The number of nitrogens with zero attached hydrogens (tertiary/aromatic N) is 1. The first kappa shape index (κ1) is 17.2. The molecule has 1 aromatic carbocycles. The number of methoxy groups -OCH3 is 1. The van der Waals surface area contributed by atoms with Crippen LogP contribution in [0.15, 0.2) is 30.3 Å². The van der Waals surface area contributed by atoms with Crippen LogP contribution in [0.5, 0.6) is 5.75 Å². The largest absolute Gasteiger partial charge is 0.497 e. The Morgan fingerprint density at radius 2 is 1.95 bits per heavy atom. The molecule has 4 nitrogen and oxygen atoms in total. The van der Waals surface area contributed by atoms with Crippen LogP contribution >= 0.6 is 0 Å². The van der Waals surface area contributed by atoms with Gasteiger partial charge in [-0.15, -0.1) is 0 Å².